The second kappa shape index (κ2) is 3.57. The molecule has 0 aliphatic rings. The average molecular weight is 202 g/mol. The monoisotopic (exact) mass is 202 g/mol. The lowest BCUT2D eigenvalue weighted by molar-refractivity contribution is 0.0963. The lowest BCUT2D eigenvalue weighted by atomic mass is 10.1. The fourth-order valence-electron chi connectivity index (χ4n) is 1.40. The molecule has 0 fully saturated rings. The van der Waals surface area contributed by atoms with Gasteiger partial charge in [-0.2, -0.15) is 0 Å². The van der Waals surface area contributed by atoms with E-state index in [1.165, 1.54) is 6.20 Å². The molecule has 1 heterocycles. The van der Waals surface area contributed by atoms with Crippen molar-refractivity contribution in [2.24, 2.45) is 0 Å². The maximum Gasteiger partial charge on any atom is 0.252 e. The van der Waals surface area contributed by atoms with Crippen LogP contribution in [0, 0.1) is 0 Å². The molecular formula is C11H10N2O2. The van der Waals surface area contributed by atoms with Gasteiger partial charge in [-0.05, 0) is 18.2 Å². The smallest absolute Gasteiger partial charge is 0.252 e. The molecule has 0 aliphatic carbocycles. The molecule has 0 saturated heterocycles. The van der Waals surface area contributed by atoms with Crippen molar-refractivity contribution in [2.75, 3.05) is 7.05 Å². The standard InChI is InChI=1S/C11H10N2O2/c1-12-11(15)7-5-8-9(13-6-7)3-2-4-10(8)14/h2-6,14H,1H3,(H,12,15). The van der Waals surface area contributed by atoms with E-state index in [2.05, 4.69) is 10.3 Å². The Labute approximate surface area is 86.6 Å². The fourth-order valence-corrected chi connectivity index (χ4v) is 1.40. The highest BCUT2D eigenvalue weighted by Gasteiger charge is 2.06. The van der Waals surface area contributed by atoms with Crippen molar-refractivity contribution < 1.29 is 9.90 Å². The molecule has 1 aromatic heterocycles. The molecule has 0 bridgehead atoms. The van der Waals surface area contributed by atoms with E-state index in [9.17, 15) is 9.90 Å². The number of pyridine rings is 1. The Morgan fingerprint density at radius 3 is 3.00 bits per heavy atom. The number of amides is 1. The molecular weight excluding hydrogens is 192 g/mol. The summed E-state index contributed by atoms with van der Waals surface area (Å²) in [5.41, 5.74) is 1.11. The number of phenols is 1. The Balaban J connectivity index is 2.64. The van der Waals surface area contributed by atoms with Crippen molar-refractivity contribution in [1.29, 1.82) is 0 Å². The van der Waals surface area contributed by atoms with Gasteiger partial charge in [-0.25, -0.2) is 0 Å². The zero-order valence-electron chi connectivity index (χ0n) is 8.19. The molecule has 4 nitrogen and oxygen atoms in total. The summed E-state index contributed by atoms with van der Waals surface area (Å²) in [5.74, 6) is -0.0848. The molecule has 0 aliphatic heterocycles. The van der Waals surface area contributed by atoms with Crippen LogP contribution in [0.2, 0.25) is 0 Å². The van der Waals surface area contributed by atoms with Gasteiger partial charge in [0.25, 0.3) is 5.91 Å². The molecule has 0 atom stereocenters. The third-order valence-electron chi connectivity index (χ3n) is 2.19. The van der Waals surface area contributed by atoms with Gasteiger partial charge in [0, 0.05) is 18.6 Å². The van der Waals surface area contributed by atoms with E-state index in [1.807, 2.05) is 0 Å². The number of phenolic OH excluding ortho intramolecular Hbond substituents is 1. The first-order valence-electron chi connectivity index (χ1n) is 4.52. The zero-order chi connectivity index (χ0) is 10.8. The van der Waals surface area contributed by atoms with Crippen molar-refractivity contribution in [2.45, 2.75) is 0 Å². The summed E-state index contributed by atoms with van der Waals surface area (Å²) >= 11 is 0. The number of rotatable bonds is 1. The van der Waals surface area contributed by atoms with Crippen LogP contribution in [0.25, 0.3) is 10.9 Å². The van der Waals surface area contributed by atoms with Gasteiger partial charge in [0.2, 0.25) is 0 Å². The number of carbonyl (C=O) groups excluding carboxylic acids is 1. The fraction of sp³-hybridized carbons (Fsp3) is 0.0909. The van der Waals surface area contributed by atoms with Crippen LogP contribution >= 0.6 is 0 Å². The Bertz CT molecular complexity index is 523. The molecule has 1 aromatic carbocycles. The first kappa shape index (κ1) is 9.45. The highest BCUT2D eigenvalue weighted by Crippen LogP contribution is 2.23. The second-order valence-corrected chi connectivity index (χ2v) is 3.15. The van der Waals surface area contributed by atoms with E-state index in [4.69, 9.17) is 0 Å². The van der Waals surface area contributed by atoms with Crippen LogP contribution in [0.4, 0.5) is 0 Å². The van der Waals surface area contributed by atoms with Crippen molar-refractivity contribution in [3.05, 3.63) is 36.0 Å². The number of aromatic nitrogens is 1. The van der Waals surface area contributed by atoms with E-state index in [-0.39, 0.29) is 11.7 Å². The minimum absolute atomic E-state index is 0.130. The predicted octanol–water partition coefficient (Wildman–Crippen LogP) is 1.30. The van der Waals surface area contributed by atoms with Gasteiger partial charge < -0.3 is 10.4 Å². The molecule has 0 saturated carbocycles. The maximum atomic E-state index is 11.3. The number of nitrogens with zero attached hydrogens (tertiary/aromatic N) is 1. The molecule has 0 radical (unpaired) electrons. The normalized spacial score (nSPS) is 10.2. The molecule has 76 valence electrons. The summed E-state index contributed by atoms with van der Waals surface area (Å²) in [6, 6.07) is 6.68. The lowest BCUT2D eigenvalue weighted by Gasteiger charge is -2.03. The first-order chi connectivity index (χ1) is 7.22. The average Bonchev–Trinajstić information content (AvgIpc) is 2.28. The Hall–Kier alpha value is -2.10. The number of aromatic hydroxyl groups is 1. The van der Waals surface area contributed by atoms with Gasteiger partial charge >= 0.3 is 0 Å². The Morgan fingerprint density at radius 2 is 2.27 bits per heavy atom. The molecule has 1 amide bonds. The van der Waals surface area contributed by atoms with Crippen LogP contribution in [0.1, 0.15) is 10.4 Å². The van der Waals surface area contributed by atoms with E-state index in [0.29, 0.717) is 16.5 Å². The largest absolute Gasteiger partial charge is 0.507 e. The van der Waals surface area contributed by atoms with E-state index in [1.54, 1.807) is 31.3 Å². The summed E-state index contributed by atoms with van der Waals surface area (Å²) in [5, 5.41) is 12.7. The van der Waals surface area contributed by atoms with Gasteiger partial charge in [-0.15, -0.1) is 0 Å². The predicted molar refractivity (Wildman–Crippen MR) is 56.8 cm³/mol. The van der Waals surface area contributed by atoms with Crippen LogP contribution in [-0.4, -0.2) is 23.0 Å². The topological polar surface area (TPSA) is 62.2 Å². The maximum absolute atomic E-state index is 11.3. The van der Waals surface area contributed by atoms with Gasteiger partial charge in [-0.3, -0.25) is 9.78 Å². The number of fused-ring (bicyclic) bond motifs is 1. The zero-order valence-corrected chi connectivity index (χ0v) is 8.19. The van der Waals surface area contributed by atoms with Crippen molar-refractivity contribution in [1.82, 2.24) is 10.3 Å². The van der Waals surface area contributed by atoms with Crippen molar-refractivity contribution in [3.63, 3.8) is 0 Å². The highest BCUT2D eigenvalue weighted by atomic mass is 16.3. The summed E-state index contributed by atoms with van der Waals surface area (Å²) in [7, 11) is 1.55. The van der Waals surface area contributed by atoms with Gasteiger partial charge in [0.15, 0.2) is 0 Å². The van der Waals surface area contributed by atoms with Crippen LogP contribution in [-0.2, 0) is 0 Å². The highest BCUT2D eigenvalue weighted by molar-refractivity contribution is 5.98. The van der Waals surface area contributed by atoms with E-state index in [0.717, 1.165) is 0 Å². The van der Waals surface area contributed by atoms with E-state index >= 15 is 0 Å². The summed E-state index contributed by atoms with van der Waals surface area (Å²) in [6.45, 7) is 0. The number of hydrogen-bond acceptors (Lipinski definition) is 3. The molecule has 0 unspecified atom stereocenters. The van der Waals surface area contributed by atoms with Crippen LogP contribution < -0.4 is 5.32 Å². The van der Waals surface area contributed by atoms with Gasteiger partial charge in [0.05, 0.1) is 11.1 Å². The quantitative estimate of drug-likeness (QED) is 0.732. The first-order valence-corrected chi connectivity index (χ1v) is 4.52. The second-order valence-electron chi connectivity index (χ2n) is 3.15. The summed E-state index contributed by atoms with van der Waals surface area (Å²) < 4.78 is 0. The van der Waals surface area contributed by atoms with Gasteiger partial charge in [0.1, 0.15) is 5.75 Å². The number of carbonyl (C=O) groups is 1. The minimum Gasteiger partial charge on any atom is -0.507 e. The third kappa shape index (κ3) is 1.61. The molecule has 2 rings (SSSR count). The van der Waals surface area contributed by atoms with Crippen molar-refractivity contribution in [3.8, 4) is 5.75 Å². The van der Waals surface area contributed by atoms with Gasteiger partial charge in [-0.1, -0.05) is 6.07 Å². The van der Waals surface area contributed by atoms with Crippen LogP contribution in [0.15, 0.2) is 30.5 Å². The number of hydrogen-bond donors (Lipinski definition) is 2. The third-order valence-corrected chi connectivity index (χ3v) is 2.19. The summed E-state index contributed by atoms with van der Waals surface area (Å²) in [4.78, 5) is 15.4. The summed E-state index contributed by atoms with van der Waals surface area (Å²) in [6.07, 6.45) is 1.49. The molecule has 0 spiro atoms. The molecule has 2 N–H and O–H groups in total. The van der Waals surface area contributed by atoms with Crippen LogP contribution in [0.5, 0.6) is 5.75 Å². The number of benzene rings is 1. The minimum atomic E-state index is -0.215. The molecule has 2 aromatic rings. The van der Waals surface area contributed by atoms with Crippen molar-refractivity contribution >= 4 is 16.8 Å². The molecule has 4 heteroatoms. The van der Waals surface area contributed by atoms with E-state index < -0.39 is 0 Å². The molecule has 15 heavy (non-hydrogen) atoms. The van der Waals surface area contributed by atoms with Crippen LogP contribution in [0.3, 0.4) is 0 Å². The Morgan fingerprint density at radius 1 is 1.47 bits per heavy atom. The SMILES string of the molecule is CNC(=O)c1cnc2cccc(O)c2c1. The Kier molecular flexibility index (Phi) is 2.25. The lowest BCUT2D eigenvalue weighted by Crippen LogP contribution is -2.17. The number of nitrogens with one attached hydrogen (secondary N) is 1.